The Bertz CT molecular complexity index is 750. The van der Waals surface area contributed by atoms with Crippen LogP contribution in [0.2, 0.25) is 5.02 Å². The molecule has 0 spiro atoms. The summed E-state index contributed by atoms with van der Waals surface area (Å²) in [6.07, 6.45) is -4.82. The first-order chi connectivity index (χ1) is 11.2. The lowest BCUT2D eigenvalue weighted by Crippen LogP contribution is -2.24. The fourth-order valence-corrected chi connectivity index (χ4v) is 1.98. The van der Waals surface area contributed by atoms with Gasteiger partial charge >= 0.3 is 6.36 Å². The number of anilines is 1. The standard InChI is InChI=1S/C15H12ClF4N3O/c16-10-7-9(5-6-11(10)17)8-22-14(21)23-12-3-1-2-4-13(12)24-15(18,19)20/h1-7H,8H2,(H3,21,22,23). The predicted molar refractivity (Wildman–Crippen MR) is 83.5 cm³/mol. The Hall–Kier alpha value is -2.48. The molecule has 24 heavy (non-hydrogen) atoms. The number of nitrogens with two attached hydrogens (primary N) is 1. The molecule has 0 aliphatic rings. The highest BCUT2D eigenvalue weighted by molar-refractivity contribution is 6.30. The van der Waals surface area contributed by atoms with Crippen LogP contribution in [0.4, 0.5) is 23.2 Å². The molecule has 0 aliphatic carbocycles. The summed E-state index contributed by atoms with van der Waals surface area (Å²) in [6.45, 7) is 0.0706. The monoisotopic (exact) mass is 361 g/mol. The largest absolute Gasteiger partial charge is 0.573 e. The second-order valence-corrected chi connectivity index (χ2v) is 5.03. The van der Waals surface area contributed by atoms with E-state index in [1.807, 2.05) is 0 Å². The number of benzene rings is 2. The van der Waals surface area contributed by atoms with Gasteiger partial charge in [0.2, 0.25) is 0 Å². The molecule has 0 fully saturated rings. The minimum atomic E-state index is -4.82. The molecule has 0 bridgehead atoms. The van der Waals surface area contributed by atoms with E-state index in [-0.39, 0.29) is 23.2 Å². The van der Waals surface area contributed by atoms with Crippen molar-refractivity contribution in [1.82, 2.24) is 0 Å². The van der Waals surface area contributed by atoms with E-state index in [0.717, 1.165) is 6.07 Å². The van der Waals surface area contributed by atoms with Gasteiger partial charge in [-0.3, -0.25) is 0 Å². The molecule has 0 saturated carbocycles. The van der Waals surface area contributed by atoms with Gasteiger partial charge in [-0.25, -0.2) is 9.38 Å². The number of guanidine groups is 1. The zero-order chi connectivity index (χ0) is 17.7. The first-order valence-corrected chi connectivity index (χ1v) is 6.98. The third-order valence-corrected chi connectivity index (χ3v) is 3.08. The maximum absolute atomic E-state index is 13.1. The van der Waals surface area contributed by atoms with Crippen LogP contribution in [-0.4, -0.2) is 12.3 Å². The van der Waals surface area contributed by atoms with Crippen molar-refractivity contribution in [1.29, 1.82) is 0 Å². The van der Waals surface area contributed by atoms with Crippen molar-refractivity contribution in [3.8, 4) is 5.75 Å². The van der Waals surface area contributed by atoms with Gasteiger partial charge in [0, 0.05) is 0 Å². The van der Waals surface area contributed by atoms with Gasteiger partial charge in [-0.1, -0.05) is 29.8 Å². The van der Waals surface area contributed by atoms with Crippen molar-refractivity contribution < 1.29 is 22.3 Å². The number of alkyl halides is 3. The summed E-state index contributed by atoms with van der Waals surface area (Å²) < 4.78 is 54.0. The first-order valence-electron chi connectivity index (χ1n) is 6.60. The molecule has 9 heteroatoms. The molecule has 0 aliphatic heterocycles. The molecule has 2 aromatic carbocycles. The van der Waals surface area contributed by atoms with Crippen LogP contribution in [0.5, 0.6) is 5.75 Å². The van der Waals surface area contributed by atoms with E-state index in [2.05, 4.69) is 15.0 Å². The Kier molecular flexibility index (Phi) is 5.50. The molecular formula is C15H12ClF4N3O. The molecular weight excluding hydrogens is 350 g/mol. The van der Waals surface area contributed by atoms with Crippen LogP contribution in [0.25, 0.3) is 0 Å². The number of halogens is 5. The molecule has 0 heterocycles. The van der Waals surface area contributed by atoms with Crippen LogP contribution in [0.1, 0.15) is 5.56 Å². The average Bonchev–Trinajstić information content (AvgIpc) is 2.49. The maximum atomic E-state index is 13.1. The van der Waals surface area contributed by atoms with E-state index in [0.29, 0.717) is 5.56 Å². The topological polar surface area (TPSA) is 59.6 Å². The Morgan fingerprint density at radius 2 is 1.92 bits per heavy atom. The summed E-state index contributed by atoms with van der Waals surface area (Å²) in [5.74, 6) is -1.13. The second-order valence-electron chi connectivity index (χ2n) is 4.62. The van der Waals surface area contributed by atoms with Crippen molar-refractivity contribution in [2.24, 2.45) is 10.7 Å². The summed E-state index contributed by atoms with van der Waals surface area (Å²) in [7, 11) is 0. The molecule has 0 atom stereocenters. The lowest BCUT2D eigenvalue weighted by atomic mass is 10.2. The number of rotatable bonds is 4. The van der Waals surface area contributed by atoms with Gasteiger partial charge in [0.15, 0.2) is 11.7 Å². The summed E-state index contributed by atoms with van der Waals surface area (Å²) in [5.41, 5.74) is 6.25. The lowest BCUT2D eigenvalue weighted by molar-refractivity contribution is -0.274. The molecule has 0 radical (unpaired) electrons. The van der Waals surface area contributed by atoms with Gasteiger partial charge in [-0.15, -0.1) is 13.2 Å². The Morgan fingerprint density at radius 1 is 1.21 bits per heavy atom. The van der Waals surface area contributed by atoms with Crippen molar-refractivity contribution in [3.63, 3.8) is 0 Å². The van der Waals surface area contributed by atoms with Gasteiger partial charge in [0.05, 0.1) is 17.3 Å². The maximum Gasteiger partial charge on any atom is 0.573 e. The van der Waals surface area contributed by atoms with Gasteiger partial charge in [0.25, 0.3) is 0 Å². The average molecular weight is 362 g/mol. The molecule has 0 unspecified atom stereocenters. The van der Waals surface area contributed by atoms with Crippen LogP contribution < -0.4 is 15.8 Å². The van der Waals surface area contributed by atoms with E-state index in [9.17, 15) is 17.6 Å². The number of ether oxygens (including phenoxy) is 1. The van der Waals surface area contributed by atoms with E-state index >= 15 is 0 Å². The molecule has 0 saturated heterocycles. The van der Waals surface area contributed by atoms with Gasteiger partial charge in [-0.2, -0.15) is 0 Å². The molecule has 0 amide bonds. The fourth-order valence-electron chi connectivity index (χ4n) is 1.78. The van der Waals surface area contributed by atoms with Crippen LogP contribution in [0, 0.1) is 5.82 Å². The number of para-hydroxylation sites is 2. The second kappa shape index (κ2) is 7.39. The van der Waals surface area contributed by atoms with E-state index in [1.54, 1.807) is 0 Å². The highest BCUT2D eigenvalue weighted by Gasteiger charge is 2.32. The number of aliphatic imine (C=N–C) groups is 1. The normalized spacial score (nSPS) is 12.1. The van der Waals surface area contributed by atoms with Crippen molar-refractivity contribution in [3.05, 3.63) is 58.9 Å². The zero-order valence-corrected chi connectivity index (χ0v) is 12.8. The summed E-state index contributed by atoms with van der Waals surface area (Å²) in [5, 5.41) is 2.47. The Balaban J connectivity index is 2.08. The van der Waals surface area contributed by atoms with Crippen molar-refractivity contribution in [2.45, 2.75) is 12.9 Å². The van der Waals surface area contributed by atoms with Gasteiger partial charge in [0.1, 0.15) is 5.82 Å². The first kappa shape index (κ1) is 17.9. The van der Waals surface area contributed by atoms with Crippen molar-refractivity contribution >= 4 is 23.2 Å². The minimum absolute atomic E-state index is 0.00761. The molecule has 128 valence electrons. The van der Waals surface area contributed by atoms with E-state index < -0.39 is 17.9 Å². The Morgan fingerprint density at radius 3 is 2.58 bits per heavy atom. The van der Waals surface area contributed by atoms with Crippen molar-refractivity contribution in [2.75, 3.05) is 5.32 Å². The number of hydrogen-bond acceptors (Lipinski definition) is 2. The van der Waals surface area contributed by atoms with Crippen LogP contribution in [0.3, 0.4) is 0 Å². The minimum Gasteiger partial charge on any atom is -0.404 e. The van der Waals surface area contributed by atoms with Crippen LogP contribution in [0.15, 0.2) is 47.5 Å². The fraction of sp³-hybridized carbons (Fsp3) is 0.133. The highest BCUT2D eigenvalue weighted by Crippen LogP contribution is 2.29. The molecule has 4 nitrogen and oxygen atoms in total. The smallest absolute Gasteiger partial charge is 0.404 e. The van der Waals surface area contributed by atoms with Gasteiger partial charge < -0.3 is 15.8 Å². The molecule has 3 N–H and O–H groups in total. The molecule has 2 aromatic rings. The third kappa shape index (κ3) is 5.31. The quantitative estimate of drug-likeness (QED) is 0.485. The number of nitrogens with zero attached hydrogens (tertiary/aromatic N) is 1. The zero-order valence-electron chi connectivity index (χ0n) is 12.1. The number of nitrogens with one attached hydrogen (secondary N) is 1. The Labute approximate surface area is 139 Å². The molecule has 2 rings (SSSR count). The highest BCUT2D eigenvalue weighted by atomic mass is 35.5. The van der Waals surface area contributed by atoms with E-state index in [4.69, 9.17) is 17.3 Å². The summed E-state index contributed by atoms with van der Waals surface area (Å²) in [6, 6.07) is 9.44. The van der Waals surface area contributed by atoms with E-state index in [1.165, 1.54) is 36.4 Å². The summed E-state index contributed by atoms with van der Waals surface area (Å²) >= 11 is 5.65. The SMILES string of the molecule is NC(=NCc1ccc(F)c(Cl)c1)Nc1ccccc1OC(F)(F)F. The third-order valence-electron chi connectivity index (χ3n) is 2.79. The van der Waals surface area contributed by atoms with Gasteiger partial charge in [-0.05, 0) is 29.8 Å². The lowest BCUT2D eigenvalue weighted by Gasteiger charge is -2.14. The molecule has 0 aromatic heterocycles. The number of hydrogen-bond donors (Lipinski definition) is 2. The predicted octanol–water partition coefficient (Wildman–Crippen LogP) is 4.30. The van der Waals surface area contributed by atoms with Crippen LogP contribution in [-0.2, 0) is 6.54 Å². The summed E-state index contributed by atoms with van der Waals surface area (Å²) in [4.78, 5) is 3.96. The van der Waals surface area contributed by atoms with Crippen LogP contribution >= 0.6 is 11.6 Å².